The lowest BCUT2D eigenvalue weighted by atomic mass is 10.1. The standard InChI is InChI=1S/C17H21NO3S/c1-13(22(3,19)20)15-6-8-16(9-7-15)18-12-14-4-10-17(21-2)11-5-14/h4-11,13,18H,12H2,1-3H3/t13-/m0/s1. The first kappa shape index (κ1) is 16.4. The number of anilines is 1. The number of methoxy groups -OCH3 is 1. The van der Waals surface area contributed by atoms with Gasteiger partial charge in [0.1, 0.15) is 5.75 Å². The maximum absolute atomic E-state index is 11.6. The number of sulfone groups is 1. The summed E-state index contributed by atoms with van der Waals surface area (Å²) >= 11 is 0. The van der Waals surface area contributed by atoms with Gasteiger partial charge in [0.2, 0.25) is 0 Å². The zero-order valence-electron chi connectivity index (χ0n) is 13.0. The van der Waals surface area contributed by atoms with Crippen LogP contribution in [0.25, 0.3) is 0 Å². The molecular weight excluding hydrogens is 298 g/mol. The Bertz CT molecular complexity index is 707. The lowest BCUT2D eigenvalue weighted by Crippen LogP contribution is -2.07. The SMILES string of the molecule is COc1ccc(CNc2ccc([C@H](C)S(C)(=O)=O)cc2)cc1. The Balaban J connectivity index is 1.99. The summed E-state index contributed by atoms with van der Waals surface area (Å²) in [5, 5.41) is 2.83. The third-order valence-electron chi connectivity index (χ3n) is 3.68. The van der Waals surface area contributed by atoms with Crippen molar-refractivity contribution < 1.29 is 13.2 Å². The molecule has 22 heavy (non-hydrogen) atoms. The van der Waals surface area contributed by atoms with Crippen molar-refractivity contribution in [2.24, 2.45) is 0 Å². The molecule has 0 bridgehead atoms. The second-order valence-corrected chi connectivity index (χ2v) is 7.66. The molecule has 0 aromatic heterocycles. The molecule has 0 fully saturated rings. The van der Waals surface area contributed by atoms with Crippen LogP contribution in [-0.2, 0) is 16.4 Å². The van der Waals surface area contributed by atoms with Gasteiger partial charge in [-0.2, -0.15) is 0 Å². The molecular formula is C17H21NO3S. The Morgan fingerprint density at radius 2 is 1.64 bits per heavy atom. The highest BCUT2D eigenvalue weighted by molar-refractivity contribution is 7.90. The number of ether oxygens (including phenoxy) is 1. The van der Waals surface area contributed by atoms with Gasteiger partial charge in [0, 0.05) is 18.5 Å². The van der Waals surface area contributed by atoms with Gasteiger partial charge in [-0.25, -0.2) is 8.42 Å². The molecule has 0 radical (unpaired) electrons. The van der Waals surface area contributed by atoms with Gasteiger partial charge in [-0.1, -0.05) is 24.3 Å². The van der Waals surface area contributed by atoms with E-state index in [1.54, 1.807) is 14.0 Å². The summed E-state index contributed by atoms with van der Waals surface area (Å²) in [5.41, 5.74) is 2.91. The van der Waals surface area contributed by atoms with Crippen LogP contribution in [0, 0.1) is 0 Å². The minimum atomic E-state index is -3.06. The Morgan fingerprint density at radius 3 is 2.14 bits per heavy atom. The number of benzene rings is 2. The van der Waals surface area contributed by atoms with Crippen LogP contribution in [0.3, 0.4) is 0 Å². The van der Waals surface area contributed by atoms with E-state index < -0.39 is 15.1 Å². The summed E-state index contributed by atoms with van der Waals surface area (Å²) in [6.45, 7) is 2.40. The van der Waals surface area contributed by atoms with E-state index in [9.17, 15) is 8.42 Å². The zero-order chi connectivity index (χ0) is 16.2. The number of rotatable bonds is 6. The first-order valence-corrected chi connectivity index (χ1v) is 9.01. The van der Waals surface area contributed by atoms with Crippen molar-refractivity contribution in [2.75, 3.05) is 18.7 Å². The average molecular weight is 319 g/mol. The van der Waals surface area contributed by atoms with Crippen LogP contribution >= 0.6 is 0 Å². The van der Waals surface area contributed by atoms with E-state index in [1.807, 2.05) is 48.5 Å². The van der Waals surface area contributed by atoms with Crippen LogP contribution < -0.4 is 10.1 Å². The number of hydrogen-bond donors (Lipinski definition) is 1. The minimum Gasteiger partial charge on any atom is -0.497 e. The predicted molar refractivity (Wildman–Crippen MR) is 90.0 cm³/mol. The molecule has 0 aliphatic rings. The molecule has 0 spiro atoms. The first-order valence-electron chi connectivity index (χ1n) is 7.06. The van der Waals surface area contributed by atoms with Gasteiger partial charge in [-0.3, -0.25) is 0 Å². The molecule has 0 heterocycles. The molecule has 0 aliphatic carbocycles. The second-order valence-electron chi connectivity index (χ2n) is 5.30. The third-order valence-corrected chi connectivity index (χ3v) is 5.23. The Kier molecular flexibility index (Phi) is 5.08. The summed E-state index contributed by atoms with van der Waals surface area (Å²) in [6, 6.07) is 15.4. The quantitative estimate of drug-likeness (QED) is 0.886. The van der Waals surface area contributed by atoms with E-state index in [4.69, 9.17) is 4.74 Å². The molecule has 0 aliphatic heterocycles. The highest BCUT2D eigenvalue weighted by Gasteiger charge is 2.16. The molecule has 0 amide bonds. The summed E-state index contributed by atoms with van der Waals surface area (Å²) in [4.78, 5) is 0. The molecule has 1 N–H and O–H groups in total. The van der Waals surface area contributed by atoms with Crippen molar-refractivity contribution >= 4 is 15.5 Å². The Morgan fingerprint density at radius 1 is 1.05 bits per heavy atom. The molecule has 0 saturated heterocycles. The highest BCUT2D eigenvalue weighted by atomic mass is 32.2. The van der Waals surface area contributed by atoms with E-state index >= 15 is 0 Å². The molecule has 0 saturated carbocycles. The normalized spacial score (nSPS) is 12.7. The fourth-order valence-corrected chi connectivity index (χ4v) is 2.72. The maximum atomic E-state index is 11.6. The van der Waals surface area contributed by atoms with Crippen molar-refractivity contribution in [1.82, 2.24) is 0 Å². The zero-order valence-corrected chi connectivity index (χ0v) is 13.9. The molecule has 5 heteroatoms. The van der Waals surface area contributed by atoms with Crippen molar-refractivity contribution in [1.29, 1.82) is 0 Å². The maximum Gasteiger partial charge on any atom is 0.154 e. The second kappa shape index (κ2) is 6.83. The summed E-state index contributed by atoms with van der Waals surface area (Å²) < 4.78 is 28.2. The van der Waals surface area contributed by atoms with Gasteiger partial charge in [0.05, 0.1) is 12.4 Å². The molecule has 2 rings (SSSR count). The fourth-order valence-electron chi connectivity index (χ4n) is 2.07. The van der Waals surface area contributed by atoms with Gasteiger partial charge in [-0.15, -0.1) is 0 Å². The number of hydrogen-bond acceptors (Lipinski definition) is 4. The van der Waals surface area contributed by atoms with Gasteiger partial charge in [-0.05, 0) is 42.3 Å². The van der Waals surface area contributed by atoms with Crippen LogP contribution in [0.5, 0.6) is 5.75 Å². The van der Waals surface area contributed by atoms with E-state index in [-0.39, 0.29) is 0 Å². The van der Waals surface area contributed by atoms with Crippen molar-refractivity contribution in [3.05, 3.63) is 59.7 Å². The van der Waals surface area contributed by atoms with E-state index in [0.29, 0.717) is 6.54 Å². The number of nitrogens with one attached hydrogen (secondary N) is 1. The highest BCUT2D eigenvalue weighted by Crippen LogP contribution is 2.22. The summed E-state index contributed by atoms with van der Waals surface area (Å²) in [6.07, 6.45) is 1.26. The molecule has 118 valence electrons. The Hall–Kier alpha value is -2.01. The van der Waals surface area contributed by atoms with Crippen molar-refractivity contribution in [3.8, 4) is 5.75 Å². The van der Waals surface area contributed by atoms with Crippen LogP contribution in [-0.4, -0.2) is 21.8 Å². The van der Waals surface area contributed by atoms with Crippen LogP contribution in [0.4, 0.5) is 5.69 Å². The third kappa shape index (κ3) is 4.24. The summed E-state index contributed by atoms with van der Waals surface area (Å²) in [7, 11) is -1.42. The summed E-state index contributed by atoms with van der Waals surface area (Å²) in [5.74, 6) is 0.836. The monoisotopic (exact) mass is 319 g/mol. The smallest absolute Gasteiger partial charge is 0.154 e. The predicted octanol–water partition coefficient (Wildman–Crippen LogP) is 3.41. The van der Waals surface area contributed by atoms with Crippen LogP contribution in [0.2, 0.25) is 0 Å². The average Bonchev–Trinajstić information content (AvgIpc) is 2.52. The minimum absolute atomic E-state index is 0.483. The van der Waals surface area contributed by atoms with Crippen molar-refractivity contribution in [2.45, 2.75) is 18.7 Å². The van der Waals surface area contributed by atoms with Gasteiger partial charge >= 0.3 is 0 Å². The van der Waals surface area contributed by atoms with E-state index in [2.05, 4.69) is 5.32 Å². The van der Waals surface area contributed by atoms with E-state index in [1.165, 1.54) is 6.26 Å². The lowest BCUT2D eigenvalue weighted by Gasteiger charge is -2.12. The van der Waals surface area contributed by atoms with Crippen molar-refractivity contribution in [3.63, 3.8) is 0 Å². The van der Waals surface area contributed by atoms with Crippen LogP contribution in [0.1, 0.15) is 23.3 Å². The fraction of sp³-hybridized carbons (Fsp3) is 0.294. The lowest BCUT2D eigenvalue weighted by molar-refractivity contribution is 0.414. The topological polar surface area (TPSA) is 55.4 Å². The first-order chi connectivity index (χ1) is 10.4. The van der Waals surface area contributed by atoms with Crippen LogP contribution in [0.15, 0.2) is 48.5 Å². The molecule has 4 nitrogen and oxygen atoms in total. The van der Waals surface area contributed by atoms with Gasteiger partial charge in [0.15, 0.2) is 9.84 Å². The van der Waals surface area contributed by atoms with Gasteiger partial charge in [0.25, 0.3) is 0 Å². The largest absolute Gasteiger partial charge is 0.497 e. The molecule has 1 atom stereocenters. The Labute approximate surface area is 132 Å². The van der Waals surface area contributed by atoms with E-state index in [0.717, 1.165) is 22.6 Å². The molecule has 0 unspecified atom stereocenters. The van der Waals surface area contributed by atoms with Gasteiger partial charge < -0.3 is 10.1 Å². The molecule has 2 aromatic rings. The molecule has 2 aromatic carbocycles.